The average Bonchev–Trinajstić information content (AvgIpc) is 2.78. The van der Waals surface area contributed by atoms with Crippen molar-refractivity contribution in [2.24, 2.45) is 0 Å². The summed E-state index contributed by atoms with van der Waals surface area (Å²) in [5.41, 5.74) is 5.90. The maximum Gasteiger partial charge on any atom is 0.223 e. The van der Waals surface area contributed by atoms with Gasteiger partial charge in [-0.2, -0.15) is 4.98 Å². The van der Waals surface area contributed by atoms with Gasteiger partial charge < -0.3 is 10.6 Å². The van der Waals surface area contributed by atoms with E-state index in [-0.39, 0.29) is 0 Å². The molecule has 0 aliphatic rings. The van der Waals surface area contributed by atoms with Crippen molar-refractivity contribution in [3.63, 3.8) is 0 Å². The van der Waals surface area contributed by atoms with E-state index in [0.717, 1.165) is 29.0 Å². The molecule has 2 aromatic rings. The van der Waals surface area contributed by atoms with E-state index in [1.165, 1.54) is 17.7 Å². The van der Waals surface area contributed by atoms with Crippen LogP contribution in [0.3, 0.4) is 0 Å². The molecule has 0 aliphatic carbocycles. The first kappa shape index (κ1) is 15.0. The molecule has 0 spiro atoms. The largest absolute Gasteiger partial charge is 0.368 e. The Bertz CT molecular complexity index is 579. The van der Waals surface area contributed by atoms with Gasteiger partial charge in [0.05, 0.1) is 5.39 Å². The van der Waals surface area contributed by atoms with Crippen LogP contribution in [0, 0.1) is 6.92 Å². The van der Waals surface area contributed by atoms with Gasteiger partial charge in [0, 0.05) is 17.5 Å². The number of thiophene rings is 1. The lowest BCUT2D eigenvalue weighted by Gasteiger charge is -2.30. The van der Waals surface area contributed by atoms with Gasteiger partial charge >= 0.3 is 0 Å². The molecule has 0 aliphatic heterocycles. The average molecular weight is 292 g/mol. The highest BCUT2D eigenvalue weighted by Gasteiger charge is 2.19. The number of aryl methyl sites for hydroxylation is 1. The molecule has 20 heavy (non-hydrogen) atoms. The van der Waals surface area contributed by atoms with Crippen molar-refractivity contribution in [1.82, 2.24) is 9.97 Å². The van der Waals surface area contributed by atoms with Crippen LogP contribution in [0.2, 0.25) is 0 Å². The molecule has 2 aromatic heterocycles. The topological polar surface area (TPSA) is 55.0 Å². The van der Waals surface area contributed by atoms with Crippen molar-refractivity contribution in [2.75, 3.05) is 17.2 Å². The Balaban J connectivity index is 2.50. The zero-order chi connectivity index (χ0) is 14.7. The van der Waals surface area contributed by atoms with Crippen LogP contribution in [-0.2, 0) is 0 Å². The number of anilines is 2. The van der Waals surface area contributed by atoms with Crippen LogP contribution >= 0.6 is 11.3 Å². The summed E-state index contributed by atoms with van der Waals surface area (Å²) in [6.07, 6.45) is 3.44. The summed E-state index contributed by atoms with van der Waals surface area (Å²) in [6.45, 7) is 9.80. The second-order valence-electron chi connectivity index (χ2n) is 5.29. The number of rotatable bonds is 6. The molecule has 0 amide bonds. The Morgan fingerprint density at radius 3 is 2.75 bits per heavy atom. The number of fused-ring (bicyclic) bond motifs is 1. The van der Waals surface area contributed by atoms with E-state index in [0.29, 0.717) is 12.0 Å². The Labute approximate surface area is 125 Å². The highest BCUT2D eigenvalue weighted by molar-refractivity contribution is 7.18. The highest BCUT2D eigenvalue weighted by Crippen LogP contribution is 2.32. The van der Waals surface area contributed by atoms with E-state index in [1.54, 1.807) is 11.3 Å². The van der Waals surface area contributed by atoms with Crippen LogP contribution in [0.25, 0.3) is 10.2 Å². The number of nitrogen functional groups attached to an aromatic ring is 1. The molecule has 0 fully saturated rings. The Morgan fingerprint density at radius 2 is 2.10 bits per heavy atom. The van der Waals surface area contributed by atoms with Gasteiger partial charge in [-0.3, -0.25) is 0 Å². The van der Waals surface area contributed by atoms with Crippen molar-refractivity contribution in [2.45, 2.75) is 53.0 Å². The van der Waals surface area contributed by atoms with Gasteiger partial charge in [-0.15, -0.1) is 11.3 Å². The van der Waals surface area contributed by atoms with E-state index in [4.69, 9.17) is 5.73 Å². The maximum absolute atomic E-state index is 5.90. The molecular weight excluding hydrogens is 268 g/mol. The fraction of sp³-hybridized carbons (Fsp3) is 0.600. The minimum atomic E-state index is 0.374. The zero-order valence-corrected chi connectivity index (χ0v) is 13.6. The molecule has 1 atom stereocenters. The standard InChI is InChI=1S/C15H24N4S/c1-5-7-8-19(10(3)6-2)13-12-9-11(4)20-14(12)18-15(16)17-13/h9-10H,5-8H2,1-4H3,(H2,16,17,18). The monoisotopic (exact) mass is 292 g/mol. The van der Waals surface area contributed by atoms with Crippen molar-refractivity contribution in [3.05, 3.63) is 10.9 Å². The van der Waals surface area contributed by atoms with Gasteiger partial charge in [0.1, 0.15) is 10.6 Å². The summed E-state index contributed by atoms with van der Waals surface area (Å²) in [5, 5.41) is 1.14. The summed E-state index contributed by atoms with van der Waals surface area (Å²) in [6, 6.07) is 2.63. The molecule has 110 valence electrons. The molecular formula is C15H24N4S. The van der Waals surface area contributed by atoms with Gasteiger partial charge in [-0.25, -0.2) is 4.98 Å². The molecule has 4 nitrogen and oxygen atoms in total. The molecule has 2 heterocycles. The summed E-state index contributed by atoms with van der Waals surface area (Å²) in [7, 11) is 0. The zero-order valence-electron chi connectivity index (χ0n) is 12.8. The second-order valence-corrected chi connectivity index (χ2v) is 6.52. The molecule has 0 aromatic carbocycles. The first-order valence-electron chi connectivity index (χ1n) is 7.37. The Morgan fingerprint density at radius 1 is 1.35 bits per heavy atom. The first-order valence-corrected chi connectivity index (χ1v) is 8.18. The number of hydrogen-bond acceptors (Lipinski definition) is 5. The molecule has 0 saturated carbocycles. The van der Waals surface area contributed by atoms with Gasteiger partial charge in [0.15, 0.2) is 0 Å². The van der Waals surface area contributed by atoms with Crippen LogP contribution in [0.15, 0.2) is 6.07 Å². The predicted octanol–water partition coefficient (Wildman–Crippen LogP) is 3.99. The predicted molar refractivity (Wildman–Crippen MR) is 88.6 cm³/mol. The fourth-order valence-electron chi connectivity index (χ4n) is 2.35. The first-order chi connectivity index (χ1) is 9.56. The summed E-state index contributed by atoms with van der Waals surface area (Å²) in [4.78, 5) is 13.5. The lowest BCUT2D eigenvalue weighted by atomic mass is 10.2. The Kier molecular flexibility index (Phi) is 4.81. The third-order valence-electron chi connectivity index (χ3n) is 3.66. The van der Waals surface area contributed by atoms with Gasteiger partial charge in [0.2, 0.25) is 5.95 Å². The number of nitrogens with zero attached hydrogens (tertiary/aromatic N) is 3. The SMILES string of the molecule is CCCCN(c1nc(N)nc2sc(C)cc12)C(C)CC. The molecule has 1 unspecified atom stereocenters. The van der Waals surface area contributed by atoms with Crippen molar-refractivity contribution >= 4 is 33.3 Å². The molecule has 2 rings (SSSR count). The van der Waals surface area contributed by atoms with E-state index in [9.17, 15) is 0 Å². The van der Waals surface area contributed by atoms with E-state index in [1.807, 2.05) is 0 Å². The highest BCUT2D eigenvalue weighted by atomic mass is 32.1. The molecule has 0 bridgehead atoms. The third-order valence-corrected chi connectivity index (χ3v) is 4.61. The third kappa shape index (κ3) is 3.03. The van der Waals surface area contributed by atoms with Gasteiger partial charge in [0.25, 0.3) is 0 Å². The lowest BCUT2D eigenvalue weighted by molar-refractivity contribution is 0.591. The normalized spacial score (nSPS) is 12.8. The van der Waals surface area contributed by atoms with Crippen LogP contribution in [0.4, 0.5) is 11.8 Å². The van der Waals surface area contributed by atoms with Crippen LogP contribution in [0.5, 0.6) is 0 Å². The lowest BCUT2D eigenvalue weighted by Crippen LogP contribution is -2.34. The second kappa shape index (κ2) is 6.39. The summed E-state index contributed by atoms with van der Waals surface area (Å²) < 4.78 is 0. The van der Waals surface area contributed by atoms with Crippen molar-refractivity contribution in [1.29, 1.82) is 0 Å². The van der Waals surface area contributed by atoms with Gasteiger partial charge in [-0.05, 0) is 32.8 Å². The van der Waals surface area contributed by atoms with E-state index in [2.05, 4.69) is 48.6 Å². The quantitative estimate of drug-likeness (QED) is 0.874. The summed E-state index contributed by atoms with van der Waals surface area (Å²) in [5.74, 6) is 1.37. The number of unbranched alkanes of at least 4 members (excludes halogenated alkanes) is 1. The minimum Gasteiger partial charge on any atom is -0.368 e. The Hall–Kier alpha value is -1.36. The fourth-order valence-corrected chi connectivity index (χ4v) is 3.23. The van der Waals surface area contributed by atoms with E-state index >= 15 is 0 Å². The smallest absolute Gasteiger partial charge is 0.223 e. The molecule has 0 saturated heterocycles. The number of hydrogen-bond donors (Lipinski definition) is 1. The molecule has 5 heteroatoms. The minimum absolute atomic E-state index is 0.374. The summed E-state index contributed by atoms with van der Waals surface area (Å²) >= 11 is 1.68. The number of nitrogens with two attached hydrogens (primary N) is 1. The van der Waals surface area contributed by atoms with Crippen LogP contribution in [-0.4, -0.2) is 22.6 Å². The van der Waals surface area contributed by atoms with Crippen LogP contribution in [0.1, 0.15) is 44.9 Å². The van der Waals surface area contributed by atoms with Crippen molar-refractivity contribution in [3.8, 4) is 0 Å². The molecule has 2 N–H and O–H groups in total. The molecule has 0 radical (unpaired) electrons. The maximum atomic E-state index is 5.90. The van der Waals surface area contributed by atoms with E-state index < -0.39 is 0 Å². The van der Waals surface area contributed by atoms with Crippen molar-refractivity contribution < 1.29 is 0 Å². The van der Waals surface area contributed by atoms with Gasteiger partial charge in [-0.1, -0.05) is 20.3 Å². The number of aromatic nitrogens is 2. The van der Waals surface area contributed by atoms with Crippen LogP contribution < -0.4 is 10.6 Å².